The van der Waals surface area contributed by atoms with Gasteiger partial charge in [-0.05, 0) is 18.4 Å². The van der Waals surface area contributed by atoms with E-state index >= 15 is 0 Å². The molecule has 0 atom stereocenters. The number of hydrogen-bond acceptors (Lipinski definition) is 4. The molecule has 0 aromatic rings. The van der Waals surface area contributed by atoms with E-state index in [-0.39, 0.29) is 18.5 Å². The van der Waals surface area contributed by atoms with Gasteiger partial charge in [0.15, 0.2) is 0 Å². The second-order valence-electron chi connectivity index (χ2n) is 5.73. The average Bonchev–Trinajstić information content (AvgIpc) is 2.28. The molecule has 0 aromatic carbocycles. The summed E-state index contributed by atoms with van der Waals surface area (Å²) in [5.41, 5.74) is 0.867. The van der Waals surface area contributed by atoms with Crippen molar-refractivity contribution in [2.24, 2.45) is 0 Å². The van der Waals surface area contributed by atoms with Crippen molar-refractivity contribution >= 4 is 20.0 Å². The summed E-state index contributed by atoms with van der Waals surface area (Å²) in [6.07, 6.45) is 3.75. The van der Waals surface area contributed by atoms with Gasteiger partial charge in [-0.3, -0.25) is 9.59 Å². The van der Waals surface area contributed by atoms with E-state index in [2.05, 4.69) is 32.3 Å². The molecule has 0 bridgehead atoms. The highest BCUT2D eigenvalue weighted by Gasteiger charge is 2.22. The Hall–Kier alpha value is -1.36. The zero-order chi connectivity index (χ0) is 15.8. The first-order valence-electron chi connectivity index (χ1n) is 6.80. The molecule has 0 aliphatic heterocycles. The maximum absolute atomic E-state index is 10.9. The second kappa shape index (κ2) is 8.74. The Labute approximate surface area is 122 Å². The van der Waals surface area contributed by atoms with Crippen LogP contribution < -0.4 is 0 Å². The molecule has 0 N–H and O–H groups in total. The Bertz CT molecular complexity index is 391. The van der Waals surface area contributed by atoms with E-state index in [1.165, 1.54) is 19.0 Å². The topological polar surface area (TPSA) is 52.6 Å². The third-order valence-corrected chi connectivity index (χ3v) is 4.81. The molecule has 0 aliphatic rings. The number of esters is 2. The van der Waals surface area contributed by atoms with Crippen molar-refractivity contribution < 1.29 is 19.1 Å². The van der Waals surface area contributed by atoms with E-state index < -0.39 is 8.07 Å². The van der Waals surface area contributed by atoms with Gasteiger partial charge < -0.3 is 9.47 Å². The van der Waals surface area contributed by atoms with E-state index in [4.69, 9.17) is 9.47 Å². The SMILES string of the molecule is C=C(COC(C)=O)/C(=C/CCCOC(C)=O)[Si](C)(C)C. The van der Waals surface area contributed by atoms with Crippen LogP contribution in [0, 0.1) is 0 Å². The molecule has 0 spiro atoms. The summed E-state index contributed by atoms with van der Waals surface area (Å²) in [6, 6.07) is 0. The Morgan fingerprint density at radius 1 is 1.10 bits per heavy atom. The molecule has 0 unspecified atom stereocenters. The zero-order valence-corrected chi connectivity index (χ0v) is 14.2. The van der Waals surface area contributed by atoms with E-state index in [1.54, 1.807) is 0 Å². The van der Waals surface area contributed by atoms with Gasteiger partial charge in [-0.25, -0.2) is 0 Å². The van der Waals surface area contributed by atoms with Crippen molar-refractivity contribution in [2.45, 2.75) is 46.3 Å². The maximum Gasteiger partial charge on any atom is 0.302 e. The molecule has 0 saturated carbocycles. The summed E-state index contributed by atoms with van der Waals surface area (Å²) < 4.78 is 9.91. The number of hydrogen-bond donors (Lipinski definition) is 0. The van der Waals surface area contributed by atoms with Crippen LogP contribution in [0.3, 0.4) is 0 Å². The summed E-state index contributed by atoms with van der Waals surface area (Å²) in [6.45, 7) is 14.2. The number of rotatable bonds is 8. The highest BCUT2D eigenvalue weighted by molar-refractivity contribution is 6.84. The maximum atomic E-state index is 10.9. The van der Waals surface area contributed by atoms with Crippen LogP contribution in [-0.2, 0) is 19.1 Å². The first-order chi connectivity index (χ1) is 9.14. The van der Waals surface area contributed by atoms with E-state index in [0.717, 1.165) is 18.4 Å². The Morgan fingerprint density at radius 2 is 1.65 bits per heavy atom. The minimum atomic E-state index is -1.54. The highest BCUT2D eigenvalue weighted by atomic mass is 28.3. The highest BCUT2D eigenvalue weighted by Crippen LogP contribution is 2.23. The fourth-order valence-corrected chi connectivity index (χ4v) is 3.68. The largest absolute Gasteiger partial charge is 0.466 e. The third-order valence-electron chi connectivity index (χ3n) is 2.64. The van der Waals surface area contributed by atoms with Crippen LogP contribution in [0.25, 0.3) is 0 Å². The van der Waals surface area contributed by atoms with Crippen LogP contribution in [0.2, 0.25) is 19.6 Å². The van der Waals surface area contributed by atoms with Crippen molar-refractivity contribution in [2.75, 3.05) is 13.2 Å². The molecule has 0 fully saturated rings. The molecule has 0 amide bonds. The number of carbonyl (C=O) groups is 2. The molecule has 0 aliphatic carbocycles. The standard InChI is InChI=1S/C15H26O4Si/c1-12(11-19-14(3)17)15(20(4,5)6)9-7-8-10-18-13(2)16/h9H,1,7-8,10-11H2,2-6H3/b15-9-. The van der Waals surface area contributed by atoms with E-state index in [9.17, 15) is 9.59 Å². The van der Waals surface area contributed by atoms with Crippen LogP contribution in [0.5, 0.6) is 0 Å². The molecule has 114 valence electrons. The van der Waals surface area contributed by atoms with Gasteiger partial charge in [0.05, 0.1) is 14.7 Å². The lowest BCUT2D eigenvalue weighted by molar-refractivity contribution is -0.141. The molecular formula is C15H26O4Si. The van der Waals surface area contributed by atoms with Gasteiger partial charge in [0.25, 0.3) is 0 Å². The predicted molar refractivity (Wildman–Crippen MR) is 83.1 cm³/mol. The van der Waals surface area contributed by atoms with E-state index in [0.29, 0.717) is 6.61 Å². The minimum absolute atomic E-state index is 0.245. The molecule has 20 heavy (non-hydrogen) atoms. The molecule has 5 heteroatoms. The molecule has 0 saturated heterocycles. The average molecular weight is 298 g/mol. The molecule has 0 heterocycles. The first-order valence-corrected chi connectivity index (χ1v) is 10.3. The summed E-state index contributed by atoms with van der Waals surface area (Å²) in [4.78, 5) is 21.5. The lowest BCUT2D eigenvalue weighted by atomic mass is 10.2. The van der Waals surface area contributed by atoms with Gasteiger partial charge in [0.2, 0.25) is 0 Å². The fraction of sp³-hybridized carbons (Fsp3) is 0.600. The predicted octanol–water partition coefficient (Wildman–Crippen LogP) is 3.25. The Kier molecular flexibility index (Phi) is 8.14. The Balaban J connectivity index is 4.52. The molecule has 4 nitrogen and oxygen atoms in total. The molecule has 0 aromatic heterocycles. The third kappa shape index (κ3) is 8.69. The van der Waals surface area contributed by atoms with Gasteiger partial charge >= 0.3 is 11.9 Å². The number of carbonyl (C=O) groups excluding carboxylic acids is 2. The normalized spacial score (nSPS) is 11.9. The van der Waals surface area contributed by atoms with Crippen molar-refractivity contribution in [3.05, 3.63) is 23.4 Å². The van der Waals surface area contributed by atoms with Crippen LogP contribution in [-0.4, -0.2) is 33.2 Å². The smallest absolute Gasteiger partial charge is 0.302 e. The number of ether oxygens (including phenoxy) is 2. The van der Waals surface area contributed by atoms with Crippen molar-refractivity contribution in [1.82, 2.24) is 0 Å². The molecule has 0 rings (SSSR count). The van der Waals surface area contributed by atoms with Crippen LogP contribution in [0.4, 0.5) is 0 Å². The van der Waals surface area contributed by atoms with Crippen LogP contribution >= 0.6 is 0 Å². The zero-order valence-electron chi connectivity index (χ0n) is 13.2. The molecular weight excluding hydrogens is 272 g/mol. The quantitative estimate of drug-likeness (QED) is 0.299. The second-order valence-corrected chi connectivity index (χ2v) is 10.8. The lowest BCUT2D eigenvalue weighted by Gasteiger charge is -2.23. The monoisotopic (exact) mass is 298 g/mol. The van der Waals surface area contributed by atoms with Crippen molar-refractivity contribution in [3.8, 4) is 0 Å². The Morgan fingerprint density at radius 3 is 2.10 bits per heavy atom. The van der Waals surface area contributed by atoms with Gasteiger partial charge in [0, 0.05) is 13.8 Å². The van der Waals surface area contributed by atoms with Gasteiger partial charge in [-0.1, -0.05) is 37.5 Å². The van der Waals surface area contributed by atoms with Crippen LogP contribution in [0.15, 0.2) is 23.4 Å². The van der Waals surface area contributed by atoms with Gasteiger partial charge in [-0.15, -0.1) is 0 Å². The number of allylic oxidation sites excluding steroid dienone is 1. The first kappa shape index (κ1) is 18.6. The van der Waals surface area contributed by atoms with E-state index in [1.807, 2.05) is 0 Å². The van der Waals surface area contributed by atoms with Crippen LogP contribution in [0.1, 0.15) is 26.7 Å². The van der Waals surface area contributed by atoms with Crippen molar-refractivity contribution in [1.29, 1.82) is 0 Å². The molecule has 0 radical (unpaired) electrons. The fourth-order valence-electron chi connectivity index (χ4n) is 1.79. The summed E-state index contributed by atoms with van der Waals surface area (Å²) in [5, 5.41) is 1.21. The number of unbranched alkanes of at least 4 members (excludes halogenated alkanes) is 1. The summed E-state index contributed by atoms with van der Waals surface area (Å²) in [5.74, 6) is -0.547. The van der Waals surface area contributed by atoms with Crippen molar-refractivity contribution in [3.63, 3.8) is 0 Å². The lowest BCUT2D eigenvalue weighted by Crippen LogP contribution is -2.26. The summed E-state index contributed by atoms with van der Waals surface area (Å²) in [7, 11) is -1.54. The van der Waals surface area contributed by atoms with Gasteiger partial charge in [-0.2, -0.15) is 0 Å². The summed E-state index contributed by atoms with van der Waals surface area (Å²) >= 11 is 0. The minimum Gasteiger partial charge on any atom is -0.466 e. The van der Waals surface area contributed by atoms with Gasteiger partial charge in [0.1, 0.15) is 6.61 Å².